The van der Waals surface area contributed by atoms with Crippen LogP contribution in [0.25, 0.3) is 0 Å². The third-order valence-corrected chi connectivity index (χ3v) is 4.38. The summed E-state index contributed by atoms with van der Waals surface area (Å²) in [4.78, 5) is 2.47. The van der Waals surface area contributed by atoms with Crippen molar-refractivity contribution in [2.75, 3.05) is 32.8 Å². The summed E-state index contributed by atoms with van der Waals surface area (Å²) in [7, 11) is 0. The fourth-order valence-corrected chi connectivity index (χ4v) is 2.93. The minimum atomic E-state index is -0.234. The van der Waals surface area contributed by atoms with Gasteiger partial charge in [-0.3, -0.25) is 0 Å². The zero-order chi connectivity index (χ0) is 15.2. The van der Waals surface area contributed by atoms with Crippen LogP contribution in [0.15, 0.2) is 0 Å². The van der Waals surface area contributed by atoms with E-state index in [0.717, 1.165) is 45.4 Å². The summed E-state index contributed by atoms with van der Waals surface area (Å²) in [5, 5.41) is 22.7. The third kappa shape index (κ3) is 6.08. The predicted octanol–water partition coefficient (Wildman–Crippen LogP) is 1.47. The quantitative estimate of drug-likeness (QED) is 0.620. The minimum absolute atomic E-state index is 0.0334. The lowest BCUT2D eigenvalue weighted by Gasteiger charge is -2.40. The molecule has 0 aromatic carbocycles. The Morgan fingerprint density at radius 2 is 2.00 bits per heavy atom. The monoisotopic (exact) mass is 286 g/mol. The van der Waals surface area contributed by atoms with Gasteiger partial charge in [0.2, 0.25) is 0 Å². The van der Waals surface area contributed by atoms with Gasteiger partial charge >= 0.3 is 0 Å². The van der Waals surface area contributed by atoms with Crippen molar-refractivity contribution in [1.82, 2.24) is 10.2 Å². The molecule has 20 heavy (non-hydrogen) atoms. The van der Waals surface area contributed by atoms with Gasteiger partial charge in [-0.25, -0.2) is 0 Å². The fraction of sp³-hybridized carbons (Fsp3) is 1.00. The van der Waals surface area contributed by atoms with Gasteiger partial charge in [-0.15, -0.1) is 0 Å². The summed E-state index contributed by atoms with van der Waals surface area (Å²) in [5.74, 6) is 0.560. The molecule has 3 unspecified atom stereocenters. The van der Waals surface area contributed by atoms with Crippen LogP contribution in [-0.4, -0.2) is 60.0 Å². The standard InChI is InChI=1S/C16H34N2O2/c1-5-18-11-13(10-15(20)16(2,3)4)9-14(12-18)17-7-6-8-19/h13-15,17,19-20H,5-12H2,1-4H3. The van der Waals surface area contributed by atoms with Crippen molar-refractivity contribution in [1.29, 1.82) is 0 Å². The maximum Gasteiger partial charge on any atom is 0.0591 e. The van der Waals surface area contributed by atoms with E-state index >= 15 is 0 Å². The van der Waals surface area contributed by atoms with Gasteiger partial charge in [0.05, 0.1) is 6.10 Å². The maximum absolute atomic E-state index is 10.3. The Morgan fingerprint density at radius 3 is 2.55 bits per heavy atom. The van der Waals surface area contributed by atoms with Crippen molar-refractivity contribution >= 4 is 0 Å². The molecular weight excluding hydrogens is 252 g/mol. The van der Waals surface area contributed by atoms with Crippen LogP contribution >= 0.6 is 0 Å². The van der Waals surface area contributed by atoms with Gasteiger partial charge in [0.25, 0.3) is 0 Å². The van der Waals surface area contributed by atoms with E-state index in [9.17, 15) is 5.11 Å². The number of hydrogen-bond acceptors (Lipinski definition) is 4. The number of piperidine rings is 1. The largest absolute Gasteiger partial charge is 0.396 e. The summed E-state index contributed by atoms with van der Waals surface area (Å²) in [6.07, 6.45) is 2.60. The van der Waals surface area contributed by atoms with Crippen LogP contribution in [0, 0.1) is 11.3 Å². The summed E-state index contributed by atoms with van der Waals surface area (Å²) in [6.45, 7) is 12.9. The molecule has 1 heterocycles. The molecule has 0 spiro atoms. The minimum Gasteiger partial charge on any atom is -0.396 e. The van der Waals surface area contributed by atoms with E-state index in [1.165, 1.54) is 0 Å². The van der Waals surface area contributed by atoms with Gasteiger partial charge in [0.1, 0.15) is 0 Å². The topological polar surface area (TPSA) is 55.7 Å². The Bertz CT molecular complexity index is 266. The molecule has 0 aromatic rings. The zero-order valence-corrected chi connectivity index (χ0v) is 13.7. The number of likely N-dealkylation sites (tertiary alicyclic amines) is 1. The summed E-state index contributed by atoms with van der Waals surface area (Å²) in [5.41, 5.74) is -0.0334. The van der Waals surface area contributed by atoms with Crippen LogP contribution in [0.5, 0.6) is 0 Å². The number of aliphatic hydroxyl groups is 2. The lowest BCUT2D eigenvalue weighted by molar-refractivity contribution is 0.0227. The molecule has 0 saturated carbocycles. The molecule has 1 rings (SSSR count). The molecule has 0 radical (unpaired) electrons. The number of hydrogen-bond donors (Lipinski definition) is 3. The summed E-state index contributed by atoms with van der Waals surface area (Å²) >= 11 is 0. The van der Waals surface area contributed by atoms with Crippen molar-refractivity contribution < 1.29 is 10.2 Å². The van der Waals surface area contributed by atoms with Crippen molar-refractivity contribution in [2.24, 2.45) is 11.3 Å². The highest BCUT2D eigenvalue weighted by molar-refractivity contribution is 4.86. The molecular formula is C16H34N2O2. The molecule has 1 aliphatic heterocycles. The van der Waals surface area contributed by atoms with Gasteiger partial charge < -0.3 is 20.4 Å². The van der Waals surface area contributed by atoms with Crippen molar-refractivity contribution in [3.63, 3.8) is 0 Å². The Kier molecular flexibility index (Phi) is 7.45. The summed E-state index contributed by atoms with van der Waals surface area (Å²) < 4.78 is 0. The third-order valence-electron chi connectivity index (χ3n) is 4.38. The van der Waals surface area contributed by atoms with E-state index in [-0.39, 0.29) is 18.1 Å². The van der Waals surface area contributed by atoms with E-state index in [2.05, 4.69) is 37.9 Å². The van der Waals surface area contributed by atoms with Gasteiger partial charge in [0.15, 0.2) is 0 Å². The number of aliphatic hydroxyl groups excluding tert-OH is 2. The second-order valence-corrected chi connectivity index (χ2v) is 7.30. The van der Waals surface area contributed by atoms with Crippen molar-refractivity contribution in [3.8, 4) is 0 Å². The summed E-state index contributed by atoms with van der Waals surface area (Å²) in [6, 6.07) is 0.493. The average Bonchev–Trinajstić information content (AvgIpc) is 2.37. The van der Waals surface area contributed by atoms with E-state index in [1.54, 1.807) is 0 Å². The van der Waals surface area contributed by atoms with Crippen molar-refractivity contribution in [2.45, 2.75) is 59.1 Å². The molecule has 3 N–H and O–H groups in total. The molecule has 3 atom stereocenters. The van der Waals surface area contributed by atoms with Crippen LogP contribution < -0.4 is 5.32 Å². The number of rotatable bonds is 7. The first kappa shape index (κ1) is 17.9. The van der Waals surface area contributed by atoms with Crippen LogP contribution in [0.1, 0.15) is 47.0 Å². The molecule has 120 valence electrons. The molecule has 0 amide bonds. The number of likely N-dealkylation sites (N-methyl/N-ethyl adjacent to an activating group) is 1. The van der Waals surface area contributed by atoms with E-state index < -0.39 is 0 Å². The second kappa shape index (κ2) is 8.32. The van der Waals surface area contributed by atoms with E-state index in [4.69, 9.17) is 5.11 Å². The molecule has 1 saturated heterocycles. The molecule has 0 bridgehead atoms. The average molecular weight is 286 g/mol. The zero-order valence-electron chi connectivity index (χ0n) is 13.7. The Labute approximate surface area is 124 Å². The van der Waals surface area contributed by atoms with Crippen LogP contribution in [-0.2, 0) is 0 Å². The Balaban J connectivity index is 2.49. The molecule has 0 aliphatic carbocycles. The lowest BCUT2D eigenvalue weighted by Crippen LogP contribution is -2.50. The second-order valence-electron chi connectivity index (χ2n) is 7.30. The first-order valence-electron chi connectivity index (χ1n) is 8.11. The molecule has 0 aromatic heterocycles. The Morgan fingerprint density at radius 1 is 1.30 bits per heavy atom. The fourth-order valence-electron chi connectivity index (χ4n) is 2.93. The molecule has 1 fully saturated rings. The van der Waals surface area contributed by atoms with E-state index in [0.29, 0.717) is 12.0 Å². The highest BCUT2D eigenvalue weighted by Gasteiger charge is 2.31. The first-order valence-corrected chi connectivity index (χ1v) is 8.11. The molecule has 4 heteroatoms. The normalized spacial score (nSPS) is 26.7. The van der Waals surface area contributed by atoms with Gasteiger partial charge in [-0.2, -0.15) is 0 Å². The van der Waals surface area contributed by atoms with Crippen molar-refractivity contribution in [3.05, 3.63) is 0 Å². The molecule has 1 aliphatic rings. The predicted molar refractivity (Wildman–Crippen MR) is 83.8 cm³/mol. The maximum atomic E-state index is 10.3. The highest BCUT2D eigenvalue weighted by Crippen LogP contribution is 2.28. The smallest absolute Gasteiger partial charge is 0.0591 e. The Hall–Kier alpha value is -0.160. The van der Waals surface area contributed by atoms with E-state index in [1.807, 2.05) is 0 Å². The van der Waals surface area contributed by atoms with Crippen LogP contribution in [0.2, 0.25) is 0 Å². The number of nitrogens with one attached hydrogen (secondary N) is 1. The van der Waals surface area contributed by atoms with Gasteiger partial charge in [-0.1, -0.05) is 27.7 Å². The first-order chi connectivity index (χ1) is 9.36. The van der Waals surface area contributed by atoms with Crippen LogP contribution in [0.3, 0.4) is 0 Å². The van der Waals surface area contributed by atoms with Crippen LogP contribution in [0.4, 0.5) is 0 Å². The van der Waals surface area contributed by atoms with Gasteiger partial charge in [-0.05, 0) is 43.7 Å². The highest BCUT2D eigenvalue weighted by atomic mass is 16.3. The molecule has 4 nitrogen and oxygen atoms in total. The SMILES string of the molecule is CCN1CC(CC(O)C(C)(C)C)CC(NCCCO)C1. The van der Waals surface area contributed by atoms with Gasteiger partial charge in [0, 0.05) is 25.7 Å². The lowest BCUT2D eigenvalue weighted by atomic mass is 9.80. The number of nitrogens with zero attached hydrogens (tertiary/aromatic N) is 1.